The van der Waals surface area contributed by atoms with E-state index in [0.29, 0.717) is 6.61 Å². The van der Waals surface area contributed by atoms with Crippen molar-refractivity contribution in [3.05, 3.63) is 29.8 Å². The summed E-state index contributed by atoms with van der Waals surface area (Å²) < 4.78 is 5.52. The van der Waals surface area contributed by atoms with Gasteiger partial charge in [0.25, 0.3) is 0 Å². The maximum atomic E-state index is 6.69. The second-order valence-electron chi connectivity index (χ2n) is 6.66. The Labute approximate surface area is 129 Å². The van der Waals surface area contributed by atoms with E-state index in [0.717, 1.165) is 11.7 Å². The van der Waals surface area contributed by atoms with Crippen LogP contribution in [0, 0.1) is 5.92 Å². The molecule has 3 heteroatoms. The third-order valence-corrected chi connectivity index (χ3v) is 5.16. The quantitative estimate of drug-likeness (QED) is 0.900. The second kappa shape index (κ2) is 6.80. The third kappa shape index (κ3) is 3.41. The van der Waals surface area contributed by atoms with E-state index in [1.807, 2.05) is 19.1 Å². The number of likely N-dealkylation sites (N-methyl/N-ethyl adjacent to an activating group) is 1. The van der Waals surface area contributed by atoms with E-state index in [4.69, 9.17) is 10.5 Å². The number of hydrogen-bond donors (Lipinski definition) is 1. The van der Waals surface area contributed by atoms with Crippen LogP contribution in [0.15, 0.2) is 24.3 Å². The summed E-state index contributed by atoms with van der Waals surface area (Å²) in [7, 11) is 4.34. The molecular formula is C18H30N2O. The van der Waals surface area contributed by atoms with Crippen LogP contribution in [0.4, 0.5) is 0 Å². The normalized spacial score (nSPS) is 27.6. The fraction of sp³-hybridized carbons (Fsp3) is 0.667. The average Bonchev–Trinajstić information content (AvgIpc) is 2.48. The first-order valence-electron chi connectivity index (χ1n) is 8.15. The lowest BCUT2D eigenvalue weighted by atomic mass is 9.70. The number of rotatable bonds is 5. The van der Waals surface area contributed by atoms with E-state index < -0.39 is 0 Å². The molecule has 0 aromatic heterocycles. The van der Waals surface area contributed by atoms with Crippen molar-refractivity contribution in [2.75, 3.05) is 20.7 Å². The Hall–Kier alpha value is -1.06. The summed E-state index contributed by atoms with van der Waals surface area (Å²) in [5.74, 6) is 1.75. The first-order valence-corrected chi connectivity index (χ1v) is 8.15. The molecule has 21 heavy (non-hydrogen) atoms. The topological polar surface area (TPSA) is 38.5 Å². The maximum Gasteiger partial charge on any atom is 0.119 e. The lowest BCUT2D eigenvalue weighted by Crippen LogP contribution is -2.54. The summed E-state index contributed by atoms with van der Waals surface area (Å²) in [5, 5.41) is 0. The lowest BCUT2D eigenvalue weighted by Gasteiger charge is -2.48. The summed E-state index contributed by atoms with van der Waals surface area (Å²) in [6, 6.07) is 8.37. The SMILES string of the molecule is CCOc1ccc(C(N)C2(N(C)C)CCC(C)CC2)cc1. The van der Waals surface area contributed by atoms with Gasteiger partial charge in [0.2, 0.25) is 0 Å². The van der Waals surface area contributed by atoms with Gasteiger partial charge in [-0.2, -0.15) is 0 Å². The van der Waals surface area contributed by atoms with Gasteiger partial charge in [-0.05, 0) is 70.3 Å². The van der Waals surface area contributed by atoms with Gasteiger partial charge in [-0.15, -0.1) is 0 Å². The highest BCUT2D eigenvalue weighted by molar-refractivity contribution is 5.31. The van der Waals surface area contributed by atoms with Gasteiger partial charge >= 0.3 is 0 Å². The molecule has 118 valence electrons. The molecule has 0 heterocycles. The molecule has 1 unspecified atom stereocenters. The molecule has 0 saturated heterocycles. The fourth-order valence-corrected chi connectivity index (χ4v) is 3.55. The van der Waals surface area contributed by atoms with Crippen LogP contribution >= 0.6 is 0 Å². The van der Waals surface area contributed by atoms with Crippen molar-refractivity contribution in [1.29, 1.82) is 0 Å². The molecule has 2 rings (SSSR count). The van der Waals surface area contributed by atoms with E-state index in [1.165, 1.54) is 31.2 Å². The predicted molar refractivity (Wildman–Crippen MR) is 88.6 cm³/mol. The lowest BCUT2D eigenvalue weighted by molar-refractivity contribution is 0.0564. The first kappa shape index (κ1) is 16.3. The zero-order valence-electron chi connectivity index (χ0n) is 13.9. The number of benzene rings is 1. The predicted octanol–water partition coefficient (Wildman–Crippen LogP) is 3.60. The summed E-state index contributed by atoms with van der Waals surface area (Å²) in [5.41, 5.74) is 7.99. The first-order chi connectivity index (χ1) is 9.99. The Morgan fingerprint density at radius 2 is 1.81 bits per heavy atom. The Morgan fingerprint density at radius 1 is 1.24 bits per heavy atom. The van der Waals surface area contributed by atoms with E-state index in [2.05, 4.69) is 38.1 Å². The molecule has 1 aromatic carbocycles. The maximum absolute atomic E-state index is 6.69. The molecule has 1 aliphatic carbocycles. The largest absolute Gasteiger partial charge is 0.494 e. The molecule has 0 radical (unpaired) electrons. The summed E-state index contributed by atoms with van der Waals surface area (Å²) >= 11 is 0. The van der Waals surface area contributed by atoms with Gasteiger partial charge in [-0.3, -0.25) is 0 Å². The molecule has 0 bridgehead atoms. The number of ether oxygens (including phenoxy) is 1. The molecule has 3 nitrogen and oxygen atoms in total. The molecule has 1 aliphatic rings. The average molecular weight is 290 g/mol. The molecule has 1 fully saturated rings. The van der Waals surface area contributed by atoms with Crippen LogP contribution < -0.4 is 10.5 Å². The monoisotopic (exact) mass is 290 g/mol. The highest BCUT2D eigenvalue weighted by atomic mass is 16.5. The minimum Gasteiger partial charge on any atom is -0.494 e. The van der Waals surface area contributed by atoms with Crippen molar-refractivity contribution in [3.63, 3.8) is 0 Å². The van der Waals surface area contributed by atoms with E-state index in [9.17, 15) is 0 Å². The standard InChI is InChI=1S/C18H30N2O/c1-5-21-16-8-6-15(7-9-16)17(19)18(20(3)4)12-10-14(2)11-13-18/h6-9,14,17H,5,10-13,19H2,1-4H3. The smallest absolute Gasteiger partial charge is 0.119 e. The number of nitrogens with two attached hydrogens (primary N) is 1. The molecule has 0 aliphatic heterocycles. The number of nitrogens with zero attached hydrogens (tertiary/aromatic N) is 1. The molecule has 1 atom stereocenters. The molecule has 1 saturated carbocycles. The van der Waals surface area contributed by atoms with Crippen LogP contribution in [0.3, 0.4) is 0 Å². The zero-order chi connectivity index (χ0) is 15.5. The van der Waals surface area contributed by atoms with Crippen LogP contribution in [0.1, 0.15) is 51.1 Å². The summed E-state index contributed by atoms with van der Waals surface area (Å²) in [6.45, 7) is 5.05. The summed E-state index contributed by atoms with van der Waals surface area (Å²) in [4.78, 5) is 2.35. The van der Waals surface area contributed by atoms with Crippen molar-refractivity contribution >= 4 is 0 Å². The highest BCUT2D eigenvalue weighted by Gasteiger charge is 2.41. The van der Waals surface area contributed by atoms with Gasteiger partial charge in [0.15, 0.2) is 0 Å². The fourth-order valence-electron chi connectivity index (χ4n) is 3.55. The van der Waals surface area contributed by atoms with Gasteiger partial charge in [0, 0.05) is 11.6 Å². The van der Waals surface area contributed by atoms with Crippen molar-refractivity contribution in [1.82, 2.24) is 4.90 Å². The van der Waals surface area contributed by atoms with Gasteiger partial charge in [0.1, 0.15) is 5.75 Å². The zero-order valence-corrected chi connectivity index (χ0v) is 13.9. The van der Waals surface area contributed by atoms with Crippen LogP contribution in [-0.4, -0.2) is 31.1 Å². The van der Waals surface area contributed by atoms with E-state index in [1.54, 1.807) is 0 Å². The minimum absolute atomic E-state index is 0.0516. The Kier molecular flexibility index (Phi) is 5.28. The van der Waals surface area contributed by atoms with Crippen molar-refractivity contribution in [2.45, 2.75) is 51.1 Å². The Morgan fingerprint density at radius 3 is 2.29 bits per heavy atom. The molecule has 1 aromatic rings. The minimum atomic E-state index is 0.0516. The van der Waals surface area contributed by atoms with Crippen molar-refractivity contribution in [3.8, 4) is 5.75 Å². The number of hydrogen-bond acceptors (Lipinski definition) is 3. The van der Waals surface area contributed by atoms with Crippen molar-refractivity contribution in [2.24, 2.45) is 11.7 Å². The van der Waals surface area contributed by atoms with Crippen LogP contribution in [0.5, 0.6) is 5.75 Å². The van der Waals surface area contributed by atoms with Gasteiger partial charge in [0.05, 0.1) is 6.61 Å². The Bertz CT molecular complexity index is 433. The second-order valence-corrected chi connectivity index (χ2v) is 6.66. The highest BCUT2D eigenvalue weighted by Crippen LogP contribution is 2.42. The molecule has 0 amide bonds. The Balaban J connectivity index is 2.20. The van der Waals surface area contributed by atoms with Gasteiger partial charge < -0.3 is 15.4 Å². The van der Waals surface area contributed by atoms with Crippen LogP contribution in [-0.2, 0) is 0 Å². The summed E-state index contributed by atoms with van der Waals surface area (Å²) in [6.07, 6.45) is 4.89. The van der Waals surface area contributed by atoms with Gasteiger partial charge in [-0.25, -0.2) is 0 Å². The third-order valence-electron chi connectivity index (χ3n) is 5.16. The van der Waals surface area contributed by atoms with Crippen molar-refractivity contribution < 1.29 is 4.74 Å². The van der Waals surface area contributed by atoms with E-state index >= 15 is 0 Å². The van der Waals surface area contributed by atoms with Crippen LogP contribution in [0.25, 0.3) is 0 Å². The van der Waals surface area contributed by atoms with E-state index in [-0.39, 0.29) is 11.6 Å². The van der Waals surface area contributed by atoms with Crippen LogP contribution in [0.2, 0.25) is 0 Å². The molecule has 0 spiro atoms. The molecular weight excluding hydrogens is 260 g/mol. The van der Waals surface area contributed by atoms with Gasteiger partial charge in [-0.1, -0.05) is 19.1 Å². The molecule has 2 N–H and O–H groups in total.